The van der Waals surface area contributed by atoms with Crippen molar-refractivity contribution in [3.05, 3.63) is 24.3 Å². The van der Waals surface area contributed by atoms with Gasteiger partial charge in [-0.3, -0.25) is 4.90 Å². The lowest BCUT2D eigenvalue weighted by Gasteiger charge is -2.37. The summed E-state index contributed by atoms with van der Waals surface area (Å²) in [5.74, 6) is -0.292. The predicted octanol–water partition coefficient (Wildman–Crippen LogP) is 1.30. The molecule has 2 aromatic rings. The Morgan fingerprint density at radius 2 is 2.05 bits per heavy atom. The number of nitrogens with zero attached hydrogens (tertiary/aromatic N) is 3. The van der Waals surface area contributed by atoms with E-state index in [2.05, 4.69) is 19.9 Å². The SMILES string of the molecule is c1ncc2c(CN3CCC4(CC3)OCCO4)c[nH]c2n1. The number of H-pyrrole nitrogens is 1. The van der Waals surface area contributed by atoms with Gasteiger partial charge in [0.05, 0.1) is 13.2 Å². The third-order valence-electron chi connectivity index (χ3n) is 4.27. The summed E-state index contributed by atoms with van der Waals surface area (Å²) < 4.78 is 11.5. The molecule has 2 aromatic heterocycles. The van der Waals surface area contributed by atoms with Crippen LogP contribution in [0.2, 0.25) is 0 Å². The van der Waals surface area contributed by atoms with E-state index < -0.39 is 0 Å². The maximum atomic E-state index is 5.76. The molecule has 0 aliphatic carbocycles. The van der Waals surface area contributed by atoms with Crippen molar-refractivity contribution in [3.63, 3.8) is 0 Å². The zero-order valence-electron chi connectivity index (χ0n) is 11.3. The quantitative estimate of drug-likeness (QED) is 0.894. The number of fused-ring (bicyclic) bond motifs is 1. The molecule has 4 heterocycles. The first-order valence-corrected chi connectivity index (χ1v) is 7.11. The van der Waals surface area contributed by atoms with Crippen LogP contribution in [-0.2, 0) is 16.0 Å². The number of aromatic nitrogens is 3. The standard InChI is InChI=1S/C14H18N4O2/c1-3-18(4-2-14(1)19-5-6-20-14)9-11-7-16-13-12(11)8-15-10-17-13/h7-8,10H,1-6,9H2,(H,15,16,17). The van der Waals surface area contributed by atoms with E-state index in [0.29, 0.717) is 0 Å². The summed E-state index contributed by atoms with van der Waals surface area (Å²) in [4.78, 5) is 14.0. The Morgan fingerprint density at radius 3 is 2.85 bits per heavy atom. The van der Waals surface area contributed by atoms with Gasteiger partial charge in [0, 0.05) is 50.3 Å². The molecule has 2 fully saturated rings. The summed E-state index contributed by atoms with van der Waals surface area (Å²) >= 11 is 0. The summed E-state index contributed by atoms with van der Waals surface area (Å²) in [6.45, 7) is 4.39. The maximum Gasteiger partial charge on any atom is 0.170 e. The number of piperidine rings is 1. The predicted molar refractivity (Wildman–Crippen MR) is 73.0 cm³/mol. The van der Waals surface area contributed by atoms with Crippen LogP contribution in [-0.4, -0.2) is 51.9 Å². The van der Waals surface area contributed by atoms with E-state index in [1.54, 1.807) is 6.33 Å². The van der Waals surface area contributed by atoms with Crippen LogP contribution >= 0.6 is 0 Å². The van der Waals surface area contributed by atoms with E-state index in [-0.39, 0.29) is 5.79 Å². The van der Waals surface area contributed by atoms with Crippen LogP contribution in [0.4, 0.5) is 0 Å². The molecule has 2 aliphatic heterocycles. The Morgan fingerprint density at radius 1 is 1.25 bits per heavy atom. The lowest BCUT2D eigenvalue weighted by molar-refractivity contribution is -0.185. The number of rotatable bonds is 2. The maximum absolute atomic E-state index is 5.76. The van der Waals surface area contributed by atoms with Crippen LogP contribution in [0.15, 0.2) is 18.7 Å². The lowest BCUT2D eigenvalue weighted by atomic mass is 10.0. The Balaban J connectivity index is 1.45. The highest BCUT2D eigenvalue weighted by Crippen LogP contribution is 2.32. The highest BCUT2D eigenvalue weighted by atomic mass is 16.7. The van der Waals surface area contributed by atoms with Gasteiger partial charge in [0.15, 0.2) is 5.79 Å². The monoisotopic (exact) mass is 274 g/mol. The second kappa shape index (κ2) is 4.80. The van der Waals surface area contributed by atoms with Crippen molar-refractivity contribution in [2.24, 2.45) is 0 Å². The van der Waals surface area contributed by atoms with Crippen LogP contribution in [0.1, 0.15) is 18.4 Å². The molecule has 2 saturated heterocycles. The normalized spacial score (nSPS) is 22.8. The largest absolute Gasteiger partial charge is 0.347 e. The molecule has 106 valence electrons. The molecule has 6 heteroatoms. The molecule has 0 saturated carbocycles. The van der Waals surface area contributed by atoms with Crippen molar-refractivity contribution in [1.29, 1.82) is 0 Å². The fourth-order valence-electron chi connectivity index (χ4n) is 3.12. The highest BCUT2D eigenvalue weighted by molar-refractivity contribution is 5.78. The summed E-state index contributed by atoms with van der Waals surface area (Å²) in [6.07, 6.45) is 7.38. The van der Waals surface area contributed by atoms with Gasteiger partial charge in [0.2, 0.25) is 0 Å². The van der Waals surface area contributed by atoms with Gasteiger partial charge < -0.3 is 14.5 Å². The number of aromatic amines is 1. The smallest absolute Gasteiger partial charge is 0.170 e. The molecule has 1 N–H and O–H groups in total. The van der Waals surface area contributed by atoms with E-state index in [9.17, 15) is 0 Å². The Kier molecular flexibility index (Phi) is 2.94. The van der Waals surface area contributed by atoms with Crippen LogP contribution in [0.5, 0.6) is 0 Å². The van der Waals surface area contributed by atoms with Gasteiger partial charge in [0.25, 0.3) is 0 Å². The number of nitrogens with one attached hydrogen (secondary N) is 1. The van der Waals surface area contributed by atoms with Gasteiger partial charge in [-0.25, -0.2) is 9.97 Å². The first-order chi connectivity index (χ1) is 9.85. The minimum atomic E-state index is -0.292. The molecule has 6 nitrogen and oxygen atoms in total. The van der Waals surface area contributed by atoms with Crippen molar-refractivity contribution in [2.45, 2.75) is 25.2 Å². The minimum Gasteiger partial charge on any atom is -0.347 e. The Bertz CT molecular complexity index is 596. The minimum absolute atomic E-state index is 0.292. The van der Waals surface area contributed by atoms with Crippen molar-refractivity contribution in [3.8, 4) is 0 Å². The Hall–Kier alpha value is -1.50. The first kappa shape index (κ1) is 12.3. The highest BCUT2D eigenvalue weighted by Gasteiger charge is 2.39. The summed E-state index contributed by atoms with van der Waals surface area (Å²) in [5.41, 5.74) is 2.16. The third kappa shape index (κ3) is 2.09. The van der Waals surface area contributed by atoms with Gasteiger partial charge >= 0.3 is 0 Å². The third-order valence-corrected chi connectivity index (χ3v) is 4.27. The summed E-state index contributed by atoms with van der Waals surface area (Å²) in [6, 6.07) is 0. The van der Waals surface area contributed by atoms with Crippen molar-refractivity contribution in [2.75, 3.05) is 26.3 Å². The van der Waals surface area contributed by atoms with Crippen molar-refractivity contribution >= 4 is 11.0 Å². The molecule has 2 aliphatic rings. The molecule has 0 atom stereocenters. The van der Waals surface area contributed by atoms with Gasteiger partial charge in [-0.15, -0.1) is 0 Å². The fraction of sp³-hybridized carbons (Fsp3) is 0.571. The number of hydrogen-bond donors (Lipinski definition) is 1. The number of ether oxygens (including phenoxy) is 2. The van der Waals surface area contributed by atoms with Gasteiger partial charge in [0.1, 0.15) is 12.0 Å². The second-order valence-corrected chi connectivity index (χ2v) is 5.48. The molecular formula is C14H18N4O2. The van der Waals surface area contributed by atoms with Gasteiger partial charge in [-0.05, 0) is 5.56 Å². The zero-order valence-corrected chi connectivity index (χ0v) is 11.3. The fourth-order valence-corrected chi connectivity index (χ4v) is 3.12. The van der Waals surface area contributed by atoms with Gasteiger partial charge in [-0.1, -0.05) is 0 Å². The number of likely N-dealkylation sites (tertiary alicyclic amines) is 1. The summed E-state index contributed by atoms with van der Waals surface area (Å²) in [5, 5.41) is 1.11. The molecule has 0 radical (unpaired) electrons. The van der Waals surface area contributed by atoms with Crippen LogP contribution in [0.25, 0.3) is 11.0 Å². The van der Waals surface area contributed by atoms with E-state index in [1.807, 2.05) is 12.4 Å². The average Bonchev–Trinajstić information content (AvgIpc) is 3.10. The Labute approximate surface area is 117 Å². The van der Waals surface area contributed by atoms with Crippen molar-refractivity contribution in [1.82, 2.24) is 19.9 Å². The molecule has 20 heavy (non-hydrogen) atoms. The number of hydrogen-bond acceptors (Lipinski definition) is 5. The average molecular weight is 274 g/mol. The second-order valence-electron chi connectivity index (χ2n) is 5.48. The zero-order chi connectivity index (χ0) is 13.4. The molecular weight excluding hydrogens is 256 g/mol. The van der Waals surface area contributed by atoms with Crippen molar-refractivity contribution < 1.29 is 9.47 Å². The topological polar surface area (TPSA) is 63.3 Å². The molecule has 4 rings (SSSR count). The first-order valence-electron chi connectivity index (χ1n) is 7.11. The molecule has 0 bridgehead atoms. The van der Waals surface area contributed by atoms with E-state index >= 15 is 0 Å². The van der Waals surface area contributed by atoms with E-state index in [1.165, 1.54) is 5.56 Å². The van der Waals surface area contributed by atoms with Crippen LogP contribution < -0.4 is 0 Å². The van der Waals surface area contributed by atoms with Crippen LogP contribution in [0.3, 0.4) is 0 Å². The summed E-state index contributed by atoms with van der Waals surface area (Å²) in [7, 11) is 0. The van der Waals surface area contributed by atoms with E-state index in [4.69, 9.17) is 9.47 Å². The molecule has 0 unspecified atom stereocenters. The lowest BCUT2D eigenvalue weighted by Crippen LogP contribution is -2.44. The van der Waals surface area contributed by atoms with E-state index in [0.717, 1.165) is 56.7 Å². The molecule has 0 amide bonds. The molecule has 1 spiro atoms. The molecule has 0 aromatic carbocycles. The van der Waals surface area contributed by atoms with Gasteiger partial charge in [-0.2, -0.15) is 0 Å². The van der Waals surface area contributed by atoms with Crippen LogP contribution in [0, 0.1) is 0 Å².